The number of nitrogens with one attached hydrogen (secondary N) is 1. The molecule has 118 valence electrons. The van der Waals surface area contributed by atoms with Crippen LogP contribution in [0, 0.1) is 3.57 Å². The zero-order valence-electron chi connectivity index (χ0n) is 11.7. The fourth-order valence-electron chi connectivity index (χ4n) is 1.37. The quantitative estimate of drug-likeness (QED) is 0.750. The molecule has 0 fully saturated rings. The fraction of sp³-hybridized carbons (Fsp3) is 0.462. The van der Waals surface area contributed by atoms with Gasteiger partial charge < -0.3 is 14.8 Å². The number of carbonyl (C=O) groups excluding carboxylic acids is 1. The summed E-state index contributed by atoms with van der Waals surface area (Å²) in [7, 11) is 0. The van der Waals surface area contributed by atoms with Crippen LogP contribution in [0.2, 0.25) is 0 Å². The predicted octanol–water partition coefficient (Wildman–Crippen LogP) is 4.21. The lowest BCUT2D eigenvalue weighted by atomic mass is 10.2. The molecule has 0 radical (unpaired) electrons. The van der Waals surface area contributed by atoms with Crippen LogP contribution in [0.15, 0.2) is 18.2 Å². The van der Waals surface area contributed by atoms with Gasteiger partial charge in [-0.25, -0.2) is 4.79 Å². The molecule has 0 aliphatic heterocycles. The zero-order chi connectivity index (χ0) is 16.3. The second-order valence-corrected chi connectivity index (χ2v) is 6.32. The smallest absolute Gasteiger partial charge is 0.444 e. The van der Waals surface area contributed by atoms with Crippen LogP contribution in [0.1, 0.15) is 26.3 Å². The number of alkyl carbamates (subject to hydrolysis) is 1. The molecule has 0 atom stereocenters. The van der Waals surface area contributed by atoms with Gasteiger partial charge in [0.1, 0.15) is 11.4 Å². The Kier molecular flexibility index (Phi) is 5.71. The van der Waals surface area contributed by atoms with Gasteiger partial charge in [-0.2, -0.15) is 0 Å². The normalized spacial score (nSPS) is 12.0. The maximum Gasteiger partial charge on any atom is 0.573 e. The number of benzene rings is 1. The van der Waals surface area contributed by atoms with Crippen LogP contribution in [-0.4, -0.2) is 18.1 Å². The SMILES string of the molecule is CC(C)(C)OC(=O)NCc1cc(OC(F)(F)F)ccc1I. The Labute approximate surface area is 134 Å². The van der Waals surface area contributed by atoms with Crippen molar-refractivity contribution in [2.75, 3.05) is 0 Å². The first-order valence-corrected chi connectivity index (χ1v) is 7.05. The molecular formula is C13H15F3INO3. The summed E-state index contributed by atoms with van der Waals surface area (Å²) in [5.41, 5.74) is -0.137. The van der Waals surface area contributed by atoms with Gasteiger partial charge in [0, 0.05) is 10.1 Å². The molecule has 0 unspecified atom stereocenters. The van der Waals surface area contributed by atoms with Crippen LogP contribution in [0.3, 0.4) is 0 Å². The second-order valence-electron chi connectivity index (χ2n) is 5.16. The predicted molar refractivity (Wildman–Crippen MR) is 78.9 cm³/mol. The van der Waals surface area contributed by atoms with E-state index < -0.39 is 18.1 Å². The van der Waals surface area contributed by atoms with Gasteiger partial charge in [0.15, 0.2) is 0 Å². The van der Waals surface area contributed by atoms with E-state index in [1.165, 1.54) is 18.2 Å². The van der Waals surface area contributed by atoms with E-state index in [0.29, 0.717) is 9.13 Å². The van der Waals surface area contributed by atoms with E-state index in [1.807, 2.05) is 22.6 Å². The molecule has 1 rings (SSSR count). The summed E-state index contributed by atoms with van der Waals surface area (Å²) in [6, 6.07) is 3.92. The number of amides is 1. The average molecular weight is 417 g/mol. The van der Waals surface area contributed by atoms with Crippen molar-refractivity contribution in [1.29, 1.82) is 0 Å². The van der Waals surface area contributed by atoms with Crippen LogP contribution in [-0.2, 0) is 11.3 Å². The first kappa shape index (κ1) is 17.9. The molecular weight excluding hydrogens is 402 g/mol. The number of hydrogen-bond acceptors (Lipinski definition) is 3. The number of ether oxygens (including phenoxy) is 2. The highest BCUT2D eigenvalue weighted by Gasteiger charge is 2.31. The van der Waals surface area contributed by atoms with Gasteiger partial charge in [-0.05, 0) is 67.1 Å². The minimum Gasteiger partial charge on any atom is -0.444 e. The lowest BCUT2D eigenvalue weighted by molar-refractivity contribution is -0.274. The number of alkyl halides is 3. The summed E-state index contributed by atoms with van der Waals surface area (Å²) >= 11 is 1.96. The molecule has 0 aliphatic rings. The Morgan fingerprint density at radius 3 is 2.43 bits per heavy atom. The van der Waals surface area contributed by atoms with E-state index in [2.05, 4.69) is 10.1 Å². The third kappa shape index (κ3) is 7.39. The van der Waals surface area contributed by atoms with Crippen molar-refractivity contribution in [2.45, 2.75) is 39.3 Å². The molecule has 0 saturated carbocycles. The Hall–Kier alpha value is -1.19. The van der Waals surface area contributed by atoms with Crippen molar-refractivity contribution in [2.24, 2.45) is 0 Å². The van der Waals surface area contributed by atoms with Gasteiger partial charge in [0.25, 0.3) is 0 Å². The second kappa shape index (κ2) is 6.71. The Bertz CT molecular complexity index is 512. The molecule has 21 heavy (non-hydrogen) atoms. The van der Waals surface area contributed by atoms with Crippen LogP contribution in [0.5, 0.6) is 5.75 Å². The van der Waals surface area contributed by atoms with Crippen LogP contribution in [0.25, 0.3) is 0 Å². The summed E-state index contributed by atoms with van der Waals surface area (Å²) in [5.74, 6) is -0.330. The Morgan fingerprint density at radius 1 is 1.29 bits per heavy atom. The van der Waals surface area contributed by atoms with Gasteiger partial charge >= 0.3 is 12.5 Å². The van der Waals surface area contributed by atoms with E-state index >= 15 is 0 Å². The molecule has 0 spiro atoms. The molecule has 1 aromatic rings. The van der Waals surface area contributed by atoms with Crippen molar-refractivity contribution in [3.63, 3.8) is 0 Å². The summed E-state index contributed by atoms with van der Waals surface area (Å²) in [4.78, 5) is 11.5. The monoisotopic (exact) mass is 417 g/mol. The van der Waals surface area contributed by atoms with Gasteiger partial charge in [0.2, 0.25) is 0 Å². The molecule has 0 aromatic heterocycles. The van der Waals surface area contributed by atoms with Crippen molar-refractivity contribution >= 4 is 28.7 Å². The summed E-state index contributed by atoms with van der Waals surface area (Å²) in [5, 5.41) is 2.48. The first-order valence-electron chi connectivity index (χ1n) is 5.97. The van der Waals surface area contributed by atoms with Gasteiger partial charge in [-0.1, -0.05) is 0 Å². The first-order chi connectivity index (χ1) is 9.46. The lowest BCUT2D eigenvalue weighted by Gasteiger charge is -2.20. The number of rotatable bonds is 3. The topological polar surface area (TPSA) is 47.6 Å². The van der Waals surface area contributed by atoms with Gasteiger partial charge in [-0.15, -0.1) is 13.2 Å². The number of halogens is 4. The highest BCUT2D eigenvalue weighted by atomic mass is 127. The standard InChI is InChI=1S/C13H15F3INO3/c1-12(2,3)21-11(19)18-7-8-6-9(4-5-10(8)17)20-13(14,15)16/h4-6H,7H2,1-3H3,(H,18,19). The summed E-state index contributed by atoms with van der Waals surface area (Å²) in [6.07, 6.45) is -5.39. The van der Waals surface area contributed by atoms with Gasteiger partial charge in [0.05, 0.1) is 0 Å². The molecule has 8 heteroatoms. The summed E-state index contributed by atoms with van der Waals surface area (Å²) < 4.78 is 46.1. The van der Waals surface area contributed by atoms with Crippen LogP contribution in [0.4, 0.5) is 18.0 Å². The van der Waals surface area contributed by atoms with Crippen molar-refractivity contribution in [3.05, 3.63) is 27.3 Å². The van der Waals surface area contributed by atoms with E-state index in [-0.39, 0.29) is 12.3 Å². The van der Waals surface area contributed by atoms with Crippen molar-refractivity contribution in [3.8, 4) is 5.75 Å². The zero-order valence-corrected chi connectivity index (χ0v) is 13.8. The maximum atomic E-state index is 12.2. The Morgan fingerprint density at radius 2 is 1.90 bits per heavy atom. The summed E-state index contributed by atoms with van der Waals surface area (Å²) in [6.45, 7) is 5.19. The third-order valence-corrected chi connectivity index (χ3v) is 3.13. The molecule has 1 amide bonds. The molecule has 4 nitrogen and oxygen atoms in total. The maximum absolute atomic E-state index is 12.2. The van der Waals surface area contributed by atoms with E-state index in [0.717, 1.165) is 0 Å². The minimum atomic E-state index is -4.75. The lowest BCUT2D eigenvalue weighted by Crippen LogP contribution is -2.32. The van der Waals surface area contributed by atoms with Crippen LogP contribution >= 0.6 is 22.6 Å². The highest BCUT2D eigenvalue weighted by Crippen LogP contribution is 2.25. The molecule has 0 saturated heterocycles. The molecule has 0 aliphatic carbocycles. The van der Waals surface area contributed by atoms with E-state index in [4.69, 9.17) is 4.74 Å². The number of carbonyl (C=O) groups is 1. The minimum absolute atomic E-state index is 0.0439. The van der Waals surface area contributed by atoms with Crippen molar-refractivity contribution in [1.82, 2.24) is 5.32 Å². The fourth-order valence-corrected chi connectivity index (χ4v) is 1.89. The number of hydrogen-bond donors (Lipinski definition) is 1. The van der Waals surface area contributed by atoms with E-state index in [9.17, 15) is 18.0 Å². The highest BCUT2D eigenvalue weighted by molar-refractivity contribution is 14.1. The Balaban J connectivity index is 2.70. The average Bonchev–Trinajstić information content (AvgIpc) is 2.25. The van der Waals surface area contributed by atoms with E-state index in [1.54, 1.807) is 20.8 Å². The van der Waals surface area contributed by atoms with Gasteiger partial charge in [-0.3, -0.25) is 0 Å². The van der Waals surface area contributed by atoms with Crippen LogP contribution < -0.4 is 10.1 Å². The third-order valence-electron chi connectivity index (χ3n) is 2.07. The molecule has 0 bridgehead atoms. The molecule has 1 N–H and O–H groups in total. The van der Waals surface area contributed by atoms with Crippen molar-refractivity contribution < 1.29 is 27.4 Å². The molecule has 1 aromatic carbocycles. The largest absolute Gasteiger partial charge is 0.573 e. The molecule has 0 heterocycles.